The van der Waals surface area contributed by atoms with Crippen LogP contribution in [-0.4, -0.2) is 47.0 Å². The standard InChI is InChI=1S/C11H15N3O3/c1-8-3-4-12-9(7-8)13-10(16)11(17)14(2)5-6-15/h3-4,7,15H,5-6H2,1-2H3,(H,12,13,16). The number of aromatic nitrogens is 1. The molecule has 0 aliphatic carbocycles. The van der Waals surface area contributed by atoms with Gasteiger partial charge in [0.2, 0.25) is 0 Å². The molecule has 0 unspecified atom stereocenters. The van der Waals surface area contributed by atoms with Gasteiger partial charge in [-0.1, -0.05) is 0 Å². The summed E-state index contributed by atoms with van der Waals surface area (Å²) in [5.74, 6) is -1.14. The first-order chi connectivity index (χ1) is 8.04. The molecule has 0 aliphatic rings. The lowest BCUT2D eigenvalue weighted by molar-refractivity contribution is -0.142. The molecule has 0 saturated carbocycles. The Hall–Kier alpha value is -1.95. The van der Waals surface area contributed by atoms with Gasteiger partial charge in [0.25, 0.3) is 0 Å². The van der Waals surface area contributed by atoms with Crippen molar-refractivity contribution >= 4 is 17.6 Å². The van der Waals surface area contributed by atoms with E-state index in [1.165, 1.54) is 7.05 Å². The topological polar surface area (TPSA) is 82.5 Å². The van der Waals surface area contributed by atoms with Gasteiger partial charge in [0.05, 0.1) is 6.61 Å². The number of carbonyl (C=O) groups excluding carboxylic acids is 2. The highest BCUT2D eigenvalue weighted by molar-refractivity contribution is 6.39. The number of aliphatic hydroxyl groups is 1. The van der Waals surface area contributed by atoms with Crippen molar-refractivity contribution < 1.29 is 14.7 Å². The van der Waals surface area contributed by atoms with Crippen molar-refractivity contribution in [2.75, 3.05) is 25.5 Å². The second-order valence-corrected chi connectivity index (χ2v) is 3.62. The third-order valence-corrected chi connectivity index (χ3v) is 2.13. The first-order valence-electron chi connectivity index (χ1n) is 5.14. The number of rotatable bonds is 3. The van der Waals surface area contributed by atoms with Gasteiger partial charge >= 0.3 is 11.8 Å². The quantitative estimate of drug-likeness (QED) is 0.712. The van der Waals surface area contributed by atoms with Gasteiger partial charge in [-0.2, -0.15) is 0 Å². The van der Waals surface area contributed by atoms with Crippen LogP contribution in [0.5, 0.6) is 0 Å². The summed E-state index contributed by atoms with van der Waals surface area (Å²) in [5, 5.41) is 11.1. The average Bonchev–Trinajstić information content (AvgIpc) is 2.28. The van der Waals surface area contributed by atoms with Crippen molar-refractivity contribution in [3.63, 3.8) is 0 Å². The van der Waals surface area contributed by atoms with Gasteiger partial charge in [0.1, 0.15) is 5.82 Å². The molecule has 0 fully saturated rings. The Labute approximate surface area is 99.3 Å². The SMILES string of the molecule is Cc1ccnc(NC(=O)C(=O)N(C)CCO)c1. The van der Waals surface area contributed by atoms with Crippen LogP contribution < -0.4 is 5.32 Å². The third-order valence-electron chi connectivity index (χ3n) is 2.13. The summed E-state index contributed by atoms with van der Waals surface area (Å²) in [6.07, 6.45) is 1.55. The van der Waals surface area contributed by atoms with E-state index in [2.05, 4.69) is 10.3 Å². The molecule has 17 heavy (non-hydrogen) atoms. The molecule has 6 nitrogen and oxygen atoms in total. The average molecular weight is 237 g/mol. The van der Waals surface area contributed by atoms with Crippen molar-refractivity contribution in [2.24, 2.45) is 0 Å². The van der Waals surface area contributed by atoms with Crippen molar-refractivity contribution in [3.05, 3.63) is 23.9 Å². The maximum absolute atomic E-state index is 11.5. The minimum atomic E-state index is -0.765. The normalized spacial score (nSPS) is 9.82. The molecule has 0 spiro atoms. The number of aryl methyl sites for hydroxylation is 1. The molecule has 0 aliphatic heterocycles. The number of carbonyl (C=O) groups is 2. The van der Waals surface area contributed by atoms with Gasteiger partial charge in [0, 0.05) is 19.8 Å². The van der Waals surface area contributed by atoms with Gasteiger partial charge in [-0.15, -0.1) is 0 Å². The fraction of sp³-hybridized carbons (Fsp3) is 0.364. The Balaban J connectivity index is 2.63. The number of amides is 2. The van der Waals surface area contributed by atoms with E-state index in [-0.39, 0.29) is 13.2 Å². The fourth-order valence-corrected chi connectivity index (χ4v) is 1.20. The van der Waals surface area contributed by atoms with Crippen molar-refractivity contribution in [2.45, 2.75) is 6.92 Å². The number of nitrogens with zero attached hydrogens (tertiary/aromatic N) is 2. The molecule has 92 valence electrons. The molecule has 0 radical (unpaired) electrons. The Morgan fingerprint density at radius 1 is 1.53 bits per heavy atom. The molecule has 1 rings (SSSR count). The van der Waals surface area contributed by atoms with Crippen LogP contribution in [0.4, 0.5) is 5.82 Å². The smallest absolute Gasteiger partial charge is 0.315 e. The summed E-state index contributed by atoms with van der Waals surface area (Å²) < 4.78 is 0. The Bertz CT molecular complexity index is 420. The Morgan fingerprint density at radius 3 is 2.82 bits per heavy atom. The second kappa shape index (κ2) is 5.95. The predicted molar refractivity (Wildman–Crippen MR) is 62.3 cm³/mol. The first-order valence-corrected chi connectivity index (χ1v) is 5.14. The predicted octanol–water partition coefficient (Wildman–Crippen LogP) is -0.221. The molecule has 1 aromatic heterocycles. The van der Waals surface area contributed by atoms with E-state index in [0.29, 0.717) is 5.82 Å². The molecule has 0 bridgehead atoms. The number of likely N-dealkylation sites (N-methyl/N-ethyl adjacent to an activating group) is 1. The Morgan fingerprint density at radius 2 is 2.24 bits per heavy atom. The molecule has 0 atom stereocenters. The van der Waals surface area contributed by atoms with Gasteiger partial charge in [0.15, 0.2) is 0 Å². The molecule has 6 heteroatoms. The van der Waals surface area contributed by atoms with Gasteiger partial charge in [-0.25, -0.2) is 4.98 Å². The zero-order valence-electron chi connectivity index (χ0n) is 9.80. The zero-order chi connectivity index (χ0) is 12.8. The van der Waals surface area contributed by atoms with Crippen LogP contribution in [-0.2, 0) is 9.59 Å². The monoisotopic (exact) mass is 237 g/mol. The zero-order valence-corrected chi connectivity index (χ0v) is 9.80. The van der Waals surface area contributed by atoms with Gasteiger partial charge in [-0.05, 0) is 24.6 Å². The molecule has 2 N–H and O–H groups in total. The number of pyridine rings is 1. The third kappa shape index (κ3) is 3.84. The minimum Gasteiger partial charge on any atom is -0.395 e. The number of aliphatic hydroxyl groups excluding tert-OH is 1. The molecule has 1 heterocycles. The van der Waals surface area contributed by atoms with Crippen molar-refractivity contribution in [1.29, 1.82) is 0 Å². The summed E-state index contributed by atoms with van der Waals surface area (Å²) >= 11 is 0. The summed E-state index contributed by atoms with van der Waals surface area (Å²) in [7, 11) is 1.45. The van der Waals surface area contributed by atoms with Crippen LogP contribution in [0.15, 0.2) is 18.3 Å². The minimum absolute atomic E-state index is 0.119. The molecule has 0 saturated heterocycles. The lowest BCUT2D eigenvalue weighted by atomic mass is 10.3. The van der Waals surface area contributed by atoms with E-state index < -0.39 is 11.8 Å². The maximum atomic E-state index is 11.5. The van der Waals surface area contributed by atoms with Crippen LogP contribution in [0.2, 0.25) is 0 Å². The van der Waals surface area contributed by atoms with E-state index in [9.17, 15) is 9.59 Å². The molecular formula is C11H15N3O3. The largest absolute Gasteiger partial charge is 0.395 e. The van der Waals surface area contributed by atoms with Crippen molar-refractivity contribution in [1.82, 2.24) is 9.88 Å². The first kappa shape index (κ1) is 13.1. The van der Waals surface area contributed by atoms with Crippen LogP contribution in [0, 0.1) is 6.92 Å². The van der Waals surface area contributed by atoms with E-state index >= 15 is 0 Å². The number of nitrogens with one attached hydrogen (secondary N) is 1. The highest BCUT2D eigenvalue weighted by atomic mass is 16.3. The van der Waals surface area contributed by atoms with Gasteiger partial charge < -0.3 is 15.3 Å². The van der Waals surface area contributed by atoms with Crippen LogP contribution >= 0.6 is 0 Å². The molecule has 0 aromatic carbocycles. The summed E-state index contributed by atoms with van der Waals surface area (Å²) in [4.78, 5) is 28.1. The highest BCUT2D eigenvalue weighted by Crippen LogP contribution is 2.05. The fourth-order valence-electron chi connectivity index (χ4n) is 1.20. The molecule has 1 aromatic rings. The van der Waals surface area contributed by atoms with Crippen LogP contribution in [0.1, 0.15) is 5.56 Å². The Kier molecular flexibility index (Phi) is 4.59. The van der Waals surface area contributed by atoms with Gasteiger partial charge in [-0.3, -0.25) is 9.59 Å². The second-order valence-electron chi connectivity index (χ2n) is 3.62. The van der Waals surface area contributed by atoms with E-state index in [1.807, 2.05) is 6.92 Å². The maximum Gasteiger partial charge on any atom is 0.315 e. The molecule has 2 amide bonds. The van der Waals surface area contributed by atoms with E-state index in [1.54, 1.807) is 18.3 Å². The number of hydrogen-bond donors (Lipinski definition) is 2. The summed E-state index contributed by atoms with van der Waals surface area (Å²) in [6.45, 7) is 1.79. The van der Waals surface area contributed by atoms with Crippen LogP contribution in [0.3, 0.4) is 0 Å². The highest BCUT2D eigenvalue weighted by Gasteiger charge is 2.18. The van der Waals surface area contributed by atoms with Crippen LogP contribution in [0.25, 0.3) is 0 Å². The van der Waals surface area contributed by atoms with E-state index in [0.717, 1.165) is 10.5 Å². The lowest BCUT2D eigenvalue weighted by Crippen LogP contribution is -2.38. The number of anilines is 1. The van der Waals surface area contributed by atoms with Crippen molar-refractivity contribution in [3.8, 4) is 0 Å². The lowest BCUT2D eigenvalue weighted by Gasteiger charge is -2.14. The summed E-state index contributed by atoms with van der Waals surface area (Å²) in [5.41, 5.74) is 0.937. The summed E-state index contributed by atoms with van der Waals surface area (Å²) in [6, 6.07) is 3.45. The number of hydrogen-bond acceptors (Lipinski definition) is 4. The van der Waals surface area contributed by atoms with E-state index in [4.69, 9.17) is 5.11 Å². The molecular weight excluding hydrogens is 222 g/mol.